The molecule has 0 radical (unpaired) electrons. The highest BCUT2D eigenvalue weighted by atomic mass is 16.5. The third kappa shape index (κ3) is 5.60. The number of allylic oxidation sites excluding steroid dienone is 3. The monoisotopic (exact) mass is 527 g/mol. The number of pyridine rings is 1. The number of carbonyl (C=O) groups excluding carboxylic acids is 2. The Balaban J connectivity index is 1.46. The van der Waals surface area contributed by atoms with Crippen molar-refractivity contribution in [3.8, 4) is 11.5 Å². The van der Waals surface area contributed by atoms with Gasteiger partial charge in [-0.3, -0.25) is 9.59 Å². The normalized spacial score (nSPS) is 18.4. The van der Waals surface area contributed by atoms with Crippen LogP contribution in [0, 0.1) is 12.3 Å². The quantitative estimate of drug-likeness (QED) is 0.399. The lowest BCUT2D eigenvalue weighted by Gasteiger charge is -2.38. The minimum atomic E-state index is -0.648. The molecule has 1 amide bonds. The number of hydrogen-bond acceptors (Lipinski definition) is 7. The maximum atomic E-state index is 13.7. The summed E-state index contributed by atoms with van der Waals surface area (Å²) in [5, 5.41) is 6.27. The number of hydrogen-bond donors (Lipinski definition) is 2. The second-order valence-corrected chi connectivity index (χ2v) is 10.9. The Kier molecular flexibility index (Phi) is 7.04. The van der Waals surface area contributed by atoms with Crippen LogP contribution in [0.4, 0.5) is 5.82 Å². The SMILES string of the molecule is COc1ccc(OCc2ccc(C3C(C(=O)Nc4ccc(C)cn4)=C(C)NC4=C3C(=O)CC(C)(C)C4)o2)cc1. The number of dihydropyridines is 1. The van der Waals surface area contributed by atoms with E-state index in [4.69, 9.17) is 13.9 Å². The van der Waals surface area contributed by atoms with Crippen LogP contribution in [0.5, 0.6) is 11.5 Å². The molecule has 1 atom stereocenters. The fourth-order valence-corrected chi connectivity index (χ4v) is 5.20. The van der Waals surface area contributed by atoms with Crippen LogP contribution in [0.3, 0.4) is 0 Å². The smallest absolute Gasteiger partial charge is 0.255 e. The van der Waals surface area contributed by atoms with Crippen LogP contribution in [0.15, 0.2) is 81.7 Å². The van der Waals surface area contributed by atoms with Crippen LogP contribution in [0.2, 0.25) is 0 Å². The van der Waals surface area contributed by atoms with E-state index in [-0.39, 0.29) is 23.7 Å². The third-order valence-corrected chi connectivity index (χ3v) is 7.04. The van der Waals surface area contributed by atoms with Gasteiger partial charge in [0.05, 0.1) is 18.6 Å². The van der Waals surface area contributed by atoms with Crippen molar-refractivity contribution in [3.63, 3.8) is 0 Å². The van der Waals surface area contributed by atoms with Crippen LogP contribution in [-0.4, -0.2) is 23.8 Å². The molecule has 202 valence electrons. The molecule has 0 spiro atoms. The molecule has 0 fully saturated rings. The van der Waals surface area contributed by atoms with Gasteiger partial charge in [-0.25, -0.2) is 4.98 Å². The Bertz CT molecular complexity index is 1460. The maximum absolute atomic E-state index is 13.7. The van der Waals surface area contributed by atoms with Gasteiger partial charge in [0.1, 0.15) is 35.4 Å². The highest BCUT2D eigenvalue weighted by Crippen LogP contribution is 2.47. The summed E-state index contributed by atoms with van der Waals surface area (Å²) in [5.74, 6) is 1.99. The maximum Gasteiger partial charge on any atom is 0.255 e. The minimum absolute atomic E-state index is 0.0115. The molecule has 1 aromatic carbocycles. The number of nitrogens with one attached hydrogen (secondary N) is 2. The molecule has 2 aromatic heterocycles. The number of anilines is 1. The van der Waals surface area contributed by atoms with Gasteiger partial charge in [-0.05, 0) is 73.7 Å². The predicted octanol–water partition coefficient (Wildman–Crippen LogP) is 5.81. The average Bonchev–Trinajstić information content (AvgIpc) is 3.36. The number of rotatable bonds is 7. The fourth-order valence-electron chi connectivity index (χ4n) is 5.20. The van der Waals surface area contributed by atoms with E-state index in [2.05, 4.69) is 29.5 Å². The minimum Gasteiger partial charge on any atom is -0.497 e. The Labute approximate surface area is 228 Å². The number of ketones is 1. The van der Waals surface area contributed by atoms with Gasteiger partial charge in [-0.1, -0.05) is 19.9 Å². The fraction of sp³-hybridized carbons (Fsp3) is 0.323. The number of furan rings is 1. The second kappa shape index (κ2) is 10.4. The molecular weight excluding hydrogens is 494 g/mol. The van der Waals surface area contributed by atoms with Crippen molar-refractivity contribution in [2.45, 2.75) is 53.1 Å². The molecule has 1 aliphatic heterocycles. The standard InChI is InChI=1S/C31H33N3O5/c1-18-6-13-26(32-16-18)34-30(36)27-19(2)33-23-14-31(3,4)15-24(35)28(23)29(27)25-12-11-22(39-25)17-38-21-9-7-20(37-5)8-10-21/h6-13,16,29,33H,14-15,17H2,1-5H3,(H,32,34,36). The zero-order valence-corrected chi connectivity index (χ0v) is 22.9. The number of aryl methyl sites for hydroxylation is 1. The molecule has 39 heavy (non-hydrogen) atoms. The third-order valence-electron chi connectivity index (χ3n) is 7.04. The van der Waals surface area contributed by atoms with Gasteiger partial charge in [0.2, 0.25) is 0 Å². The zero-order valence-electron chi connectivity index (χ0n) is 22.9. The summed E-state index contributed by atoms with van der Waals surface area (Å²) in [6.07, 6.45) is 2.79. The lowest BCUT2D eigenvalue weighted by atomic mass is 9.69. The summed E-state index contributed by atoms with van der Waals surface area (Å²) in [4.78, 5) is 31.5. The Morgan fingerprint density at radius 3 is 2.51 bits per heavy atom. The van der Waals surface area contributed by atoms with E-state index in [0.29, 0.717) is 52.8 Å². The van der Waals surface area contributed by atoms with E-state index >= 15 is 0 Å². The lowest BCUT2D eigenvalue weighted by Crippen LogP contribution is -2.39. The van der Waals surface area contributed by atoms with Crippen molar-refractivity contribution in [2.75, 3.05) is 12.4 Å². The largest absolute Gasteiger partial charge is 0.497 e. The first-order valence-corrected chi connectivity index (χ1v) is 13.0. The molecule has 3 heterocycles. The molecule has 3 aromatic rings. The van der Waals surface area contributed by atoms with Crippen LogP contribution in [0.1, 0.15) is 56.6 Å². The molecule has 5 rings (SSSR count). The van der Waals surface area contributed by atoms with E-state index in [1.165, 1.54) is 0 Å². The molecule has 0 bridgehead atoms. The Hall–Kier alpha value is -4.33. The summed E-state index contributed by atoms with van der Waals surface area (Å²) in [6.45, 7) is 8.15. The summed E-state index contributed by atoms with van der Waals surface area (Å²) in [7, 11) is 1.61. The molecule has 1 unspecified atom stereocenters. The molecular formula is C31H33N3O5. The average molecular weight is 528 g/mol. The highest BCUT2D eigenvalue weighted by Gasteiger charge is 2.44. The van der Waals surface area contributed by atoms with Crippen molar-refractivity contribution >= 4 is 17.5 Å². The molecule has 8 nitrogen and oxygen atoms in total. The summed E-state index contributed by atoms with van der Waals surface area (Å²) < 4.78 is 17.3. The van der Waals surface area contributed by atoms with Gasteiger partial charge in [0.15, 0.2) is 5.78 Å². The summed E-state index contributed by atoms with van der Waals surface area (Å²) in [5.41, 5.74) is 3.35. The van der Waals surface area contributed by atoms with Crippen LogP contribution >= 0.6 is 0 Å². The number of amides is 1. The van der Waals surface area contributed by atoms with Crippen molar-refractivity contribution in [1.82, 2.24) is 10.3 Å². The molecule has 2 N–H and O–H groups in total. The number of aromatic nitrogens is 1. The van der Waals surface area contributed by atoms with E-state index in [1.807, 2.05) is 56.3 Å². The summed E-state index contributed by atoms with van der Waals surface area (Å²) >= 11 is 0. The van der Waals surface area contributed by atoms with Gasteiger partial charge in [-0.15, -0.1) is 0 Å². The number of methoxy groups -OCH3 is 1. The van der Waals surface area contributed by atoms with Gasteiger partial charge >= 0.3 is 0 Å². The van der Waals surface area contributed by atoms with Crippen molar-refractivity contribution in [3.05, 3.63) is 94.4 Å². The van der Waals surface area contributed by atoms with E-state index in [0.717, 1.165) is 17.0 Å². The van der Waals surface area contributed by atoms with Crippen molar-refractivity contribution < 1.29 is 23.5 Å². The topological polar surface area (TPSA) is 103 Å². The van der Waals surface area contributed by atoms with E-state index < -0.39 is 5.92 Å². The predicted molar refractivity (Wildman–Crippen MR) is 147 cm³/mol. The first kappa shape index (κ1) is 26.3. The number of Topliss-reactive ketones (excluding diaryl/α,β-unsaturated/α-hetero) is 1. The van der Waals surface area contributed by atoms with Gasteiger partial charge in [0.25, 0.3) is 5.91 Å². The van der Waals surface area contributed by atoms with Crippen molar-refractivity contribution in [1.29, 1.82) is 0 Å². The van der Waals surface area contributed by atoms with Gasteiger partial charge in [0, 0.05) is 29.6 Å². The molecule has 0 saturated carbocycles. The molecule has 2 aliphatic rings. The second-order valence-electron chi connectivity index (χ2n) is 10.9. The Morgan fingerprint density at radius 1 is 1.08 bits per heavy atom. The molecule has 8 heteroatoms. The first-order valence-electron chi connectivity index (χ1n) is 13.0. The first-order chi connectivity index (χ1) is 18.6. The number of carbonyl (C=O) groups is 2. The molecule has 0 saturated heterocycles. The Morgan fingerprint density at radius 2 is 1.82 bits per heavy atom. The van der Waals surface area contributed by atoms with E-state index in [9.17, 15) is 9.59 Å². The summed E-state index contributed by atoms with van der Waals surface area (Å²) in [6, 6.07) is 14.6. The van der Waals surface area contributed by atoms with Gasteiger partial charge < -0.3 is 24.5 Å². The lowest BCUT2D eigenvalue weighted by molar-refractivity contribution is -0.118. The number of ether oxygens (including phenoxy) is 2. The van der Waals surface area contributed by atoms with E-state index in [1.54, 1.807) is 19.4 Å². The molecule has 1 aliphatic carbocycles. The van der Waals surface area contributed by atoms with Gasteiger partial charge in [-0.2, -0.15) is 0 Å². The van der Waals surface area contributed by atoms with Crippen LogP contribution < -0.4 is 20.1 Å². The van der Waals surface area contributed by atoms with Crippen LogP contribution in [-0.2, 0) is 16.2 Å². The highest BCUT2D eigenvalue weighted by molar-refractivity contribution is 6.09. The van der Waals surface area contributed by atoms with Crippen molar-refractivity contribution in [2.24, 2.45) is 5.41 Å². The number of nitrogens with zero attached hydrogens (tertiary/aromatic N) is 1. The van der Waals surface area contributed by atoms with Crippen LogP contribution in [0.25, 0.3) is 0 Å². The zero-order chi connectivity index (χ0) is 27.7. The number of benzene rings is 1.